The first-order chi connectivity index (χ1) is 15.9. The van der Waals surface area contributed by atoms with Crippen molar-refractivity contribution in [3.05, 3.63) is 89.0 Å². The van der Waals surface area contributed by atoms with Crippen molar-refractivity contribution in [1.29, 1.82) is 0 Å². The molecular weight excluding hydrogens is 416 g/mol. The molecular formula is C28H30O5. The second kappa shape index (κ2) is 11.2. The first-order valence-corrected chi connectivity index (χ1v) is 10.8. The van der Waals surface area contributed by atoms with Gasteiger partial charge in [0.2, 0.25) is 0 Å². The summed E-state index contributed by atoms with van der Waals surface area (Å²) in [5.74, 6) is 2.97. The molecule has 3 aromatic carbocycles. The molecule has 0 unspecified atom stereocenters. The van der Waals surface area contributed by atoms with Gasteiger partial charge in [0.05, 0.1) is 21.3 Å². The minimum Gasteiger partial charge on any atom is -0.496 e. The van der Waals surface area contributed by atoms with E-state index in [1.165, 1.54) is 5.56 Å². The monoisotopic (exact) mass is 446 g/mol. The van der Waals surface area contributed by atoms with Gasteiger partial charge >= 0.3 is 0 Å². The van der Waals surface area contributed by atoms with Crippen LogP contribution in [-0.2, 0) is 6.61 Å². The Balaban J connectivity index is 1.73. The molecule has 0 aliphatic heterocycles. The molecule has 3 aromatic rings. The highest BCUT2D eigenvalue weighted by atomic mass is 16.5. The van der Waals surface area contributed by atoms with Gasteiger partial charge in [0, 0.05) is 11.1 Å². The SMILES string of the molecule is COc1ccc(/C=C/C(=O)c2ccc(OC)c(OC)c2)cc1COc1ccc(C(C)C)cc1. The van der Waals surface area contributed by atoms with Gasteiger partial charge in [-0.3, -0.25) is 4.79 Å². The average Bonchev–Trinajstić information content (AvgIpc) is 2.85. The molecule has 0 heterocycles. The summed E-state index contributed by atoms with van der Waals surface area (Å²) in [7, 11) is 4.73. The molecule has 0 bridgehead atoms. The molecule has 0 aliphatic rings. The predicted octanol–water partition coefficient (Wildman–Crippen LogP) is 6.31. The maximum atomic E-state index is 12.6. The van der Waals surface area contributed by atoms with Crippen LogP contribution in [0.5, 0.6) is 23.0 Å². The number of hydrogen-bond donors (Lipinski definition) is 0. The van der Waals surface area contributed by atoms with E-state index in [0.717, 1.165) is 22.6 Å². The Morgan fingerprint density at radius 3 is 2.12 bits per heavy atom. The van der Waals surface area contributed by atoms with Crippen LogP contribution in [0.15, 0.2) is 66.7 Å². The predicted molar refractivity (Wildman–Crippen MR) is 131 cm³/mol. The number of hydrogen-bond acceptors (Lipinski definition) is 5. The molecule has 5 heteroatoms. The van der Waals surface area contributed by atoms with E-state index in [1.807, 2.05) is 30.3 Å². The molecule has 0 fully saturated rings. The van der Waals surface area contributed by atoms with Crippen LogP contribution in [0.3, 0.4) is 0 Å². The summed E-state index contributed by atoms with van der Waals surface area (Å²) in [4.78, 5) is 12.6. The number of carbonyl (C=O) groups excluding carboxylic acids is 1. The standard InChI is InChI=1S/C28H30O5/c1-19(2)21-8-11-24(12-9-21)33-18-23-16-20(7-14-26(23)30-3)6-13-25(29)22-10-15-27(31-4)28(17-22)32-5/h6-17,19H,18H2,1-5H3/b13-6+. The van der Waals surface area contributed by atoms with Crippen LogP contribution in [0.25, 0.3) is 6.08 Å². The Morgan fingerprint density at radius 2 is 1.48 bits per heavy atom. The molecule has 0 N–H and O–H groups in total. The van der Waals surface area contributed by atoms with Gasteiger partial charge in [-0.15, -0.1) is 0 Å². The molecule has 3 rings (SSSR count). The number of carbonyl (C=O) groups is 1. The molecule has 0 atom stereocenters. The van der Waals surface area contributed by atoms with Gasteiger partial charge in [-0.25, -0.2) is 0 Å². The quantitative estimate of drug-likeness (QED) is 0.270. The Hall–Kier alpha value is -3.73. The first kappa shape index (κ1) is 23.9. The summed E-state index contributed by atoms with van der Waals surface area (Å²) >= 11 is 0. The molecule has 0 aromatic heterocycles. The lowest BCUT2D eigenvalue weighted by atomic mass is 10.0. The lowest BCUT2D eigenvalue weighted by Gasteiger charge is -2.12. The smallest absolute Gasteiger partial charge is 0.185 e. The fourth-order valence-corrected chi connectivity index (χ4v) is 3.38. The van der Waals surface area contributed by atoms with Crippen LogP contribution >= 0.6 is 0 Å². The van der Waals surface area contributed by atoms with Crippen molar-refractivity contribution < 1.29 is 23.7 Å². The van der Waals surface area contributed by atoms with Crippen molar-refractivity contribution in [2.75, 3.05) is 21.3 Å². The maximum absolute atomic E-state index is 12.6. The fraction of sp³-hybridized carbons (Fsp3) is 0.250. The van der Waals surface area contributed by atoms with Gasteiger partial charge in [0.1, 0.15) is 18.1 Å². The summed E-state index contributed by atoms with van der Waals surface area (Å²) < 4.78 is 22.0. The second-order valence-electron chi connectivity index (χ2n) is 7.85. The highest BCUT2D eigenvalue weighted by Crippen LogP contribution is 2.28. The molecule has 5 nitrogen and oxygen atoms in total. The van der Waals surface area contributed by atoms with E-state index in [2.05, 4.69) is 26.0 Å². The molecule has 0 saturated heterocycles. The third-order valence-corrected chi connectivity index (χ3v) is 5.34. The van der Waals surface area contributed by atoms with Crippen LogP contribution in [0.1, 0.15) is 46.8 Å². The zero-order chi connectivity index (χ0) is 23.8. The fourth-order valence-electron chi connectivity index (χ4n) is 3.38. The highest BCUT2D eigenvalue weighted by Gasteiger charge is 2.10. The summed E-state index contributed by atoms with van der Waals surface area (Å²) in [5, 5.41) is 0. The molecule has 0 spiro atoms. The lowest BCUT2D eigenvalue weighted by Crippen LogP contribution is -2.00. The van der Waals surface area contributed by atoms with Crippen LogP contribution < -0.4 is 18.9 Å². The summed E-state index contributed by atoms with van der Waals surface area (Å²) in [6.07, 6.45) is 3.32. The Bertz CT molecular complexity index is 1110. The summed E-state index contributed by atoms with van der Waals surface area (Å²) in [6.45, 7) is 4.68. The first-order valence-electron chi connectivity index (χ1n) is 10.8. The molecule has 0 saturated carbocycles. The van der Waals surface area contributed by atoms with Crippen LogP contribution in [-0.4, -0.2) is 27.1 Å². The number of allylic oxidation sites excluding steroid dienone is 1. The van der Waals surface area contributed by atoms with Crippen LogP contribution in [0.4, 0.5) is 0 Å². The van der Waals surface area contributed by atoms with E-state index in [1.54, 1.807) is 51.7 Å². The average molecular weight is 447 g/mol. The Morgan fingerprint density at radius 1 is 0.818 bits per heavy atom. The highest BCUT2D eigenvalue weighted by molar-refractivity contribution is 6.07. The largest absolute Gasteiger partial charge is 0.496 e. The summed E-state index contributed by atoms with van der Waals surface area (Å²) in [5.41, 5.74) is 3.56. The van der Waals surface area contributed by atoms with Crippen molar-refractivity contribution >= 4 is 11.9 Å². The zero-order valence-corrected chi connectivity index (χ0v) is 19.8. The van der Waals surface area contributed by atoms with Crippen molar-refractivity contribution in [3.63, 3.8) is 0 Å². The lowest BCUT2D eigenvalue weighted by molar-refractivity contribution is 0.104. The van der Waals surface area contributed by atoms with E-state index in [-0.39, 0.29) is 5.78 Å². The Kier molecular flexibility index (Phi) is 8.14. The zero-order valence-electron chi connectivity index (χ0n) is 19.8. The molecule has 172 valence electrons. The number of methoxy groups -OCH3 is 3. The van der Waals surface area contributed by atoms with Gasteiger partial charge in [-0.1, -0.05) is 38.1 Å². The van der Waals surface area contributed by atoms with Crippen LogP contribution in [0, 0.1) is 0 Å². The van der Waals surface area contributed by atoms with E-state index in [0.29, 0.717) is 29.6 Å². The van der Waals surface area contributed by atoms with Gasteiger partial charge in [-0.05, 0) is 65.6 Å². The van der Waals surface area contributed by atoms with E-state index >= 15 is 0 Å². The van der Waals surface area contributed by atoms with Crippen LogP contribution in [0.2, 0.25) is 0 Å². The third kappa shape index (κ3) is 6.16. The second-order valence-corrected chi connectivity index (χ2v) is 7.85. The summed E-state index contributed by atoms with van der Waals surface area (Å²) in [6, 6.07) is 19.0. The van der Waals surface area contributed by atoms with Crippen molar-refractivity contribution in [1.82, 2.24) is 0 Å². The third-order valence-electron chi connectivity index (χ3n) is 5.34. The van der Waals surface area contributed by atoms with Gasteiger partial charge in [-0.2, -0.15) is 0 Å². The molecule has 33 heavy (non-hydrogen) atoms. The maximum Gasteiger partial charge on any atom is 0.185 e. The molecule has 0 amide bonds. The Labute approximate surface area is 195 Å². The van der Waals surface area contributed by atoms with Gasteiger partial charge < -0.3 is 18.9 Å². The number of ether oxygens (including phenoxy) is 4. The topological polar surface area (TPSA) is 54.0 Å². The number of ketones is 1. The number of benzene rings is 3. The van der Waals surface area contributed by atoms with Crippen molar-refractivity contribution in [2.24, 2.45) is 0 Å². The van der Waals surface area contributed by atoms with Gasteiger partial charge in [0.15, 0.2) is 17.3 Å². The number of rotatable bonds is 10. The van der Waals surface area contributed by atoms with E-state index in [4.69, 9.17) is 18.9 Å². The molecule has 0 radical (unpaired) electrons. The van der Waals surface area contributed by atoms with E-state index in [9.17, 15) is 4.79 Å². The normalized spacial score (nSPS) is 11.0. The van der Waals surface area contributed by atoms with Crippen molar-refractivity contribution in [3.8, 4) is 23.0 Å². The van der Waals surface area contributed by atoms with Crippen molar-refractivity contribution in [2.45, 2.75) is 26.4 Å². The molecule has 0 aliphatic carbocycles. The minimum absolute atomic E-state index is 0.130. The van der Waals surface area contributed by atoms with E-state index < -0.39 is 0 Å². The minimum atomic E-state index is -0.130. The van der Waals surface area contributed by atoms with Gasteiger partial charge in [0.25, 0.3) is 0 Å².